The highest BCUT2D eigenvalue weighted by Crippen LogP contribution is 2.25. The molecule has 0 saturated carbocycles. The van der Waals surface area contributed by atoms with Crippen molar-refractivity contribution < 1.29 is 18.7 Å². The first-order chi connectivity index (χ1) is 13.4. The van der Waals surface area contributed by atoms with Crippen molar-refractivity contribution in [2.24, 2.45) is 0 Å². The number of hydrogen-bond donors (Lipinski definition) is 1. The standard InChI is InChI=1S/C22H23NO5/c1-13-9-14(2)21-17(10-13)18(24)11-19(28-21)15-5-7-16(8-6-15)22(25)23-12-20(26-3)27-4/h5-11,20H,12H2,1-4H3,(H,23,25). The van der Waals surface area contributed by atoms with Crippen molar-refractivity contribution >= 4 is 16.9 Å². The van der Waals surface area contributed by atoms with Crippen LogP contribution in [0.4, 0.5) is 0 Å². The molecule has 1 heterocycles. The van der Waals surface area contributed by atoms with Crippen LogP contribution in [0, 0.1) is 13.8 Å². The number of nitrogens with one attached hydrogen (secondary N) is 1. The molecule has 1 N–H and O–H groups in total. The monoisotopic (exact) mass is 381 g/mol. The number of fused-ring (bicyclic) bond motifs is 1. The topological polar surface area (TPSA) is 77.8 Å². The second kappa shape index (κ2) is 8.37. The molecule has 6 nitrogen and oxygen atoms in total. The Kier molecular flexibility index (Phi) is 5.92. The van der Waals surface area contributed by atoms with Gasteiger partial charge in [0.2, 0.25) is 0 Å². The Morgan fingerprint density at radius 2 is 1.75 bits per heavy atom. The van der Waals surface area contributed by atoms with Crippen molar-refractivity contribution in [3.05, 3.63) is 69.4 Å². The van der Waals surface area contributed by atoms with Gasteiger partial charge in [0.05, 0.1) is 11.9 Å². The second-order valence-electron chi connectivity index (χ2n) is 6.62. The average molecular weight is 381 g/mol. The molecule has 28 heavy (non-hydrogen) atoms. The summed E-state index contributed by atoms with van der Waals surface area (Å²) in [6.45, 7) is 4.11. The molecular formula is C22H23NO5. The first-order valence-corrected chi connectivity index (χ1v) is 8.92. The third kappa shape index (κ3) is 4.13. The zero-order valence-electron chi connectivity index (χ0n) is 16.4. The fourth-order valence-electron chi connectivity index (χ4n) is 3.08. The summed E-state index contributed by atoms with van der Waals surface area (Å²) in [5.41, 5.74) is 3.64. The average Bonchev–Trinajstić information content (AvgIpc) is 2.69. The van der Waals surface area contributed by atoms with E-state index in [2.05, 4.69) is 5.32 Å². The molecule has 0 aliphatic rings. The van der Waals surface area contributed by atoms with E-state index in [4.69, 9.17) is 13.9 Å². The van der Waals surface area contributed by atoms with Crippen LogP contribution >= 0.6 is 0 Å². The molecule has 1 aromatic heterocycles. The number of aryl methyl sites for hydroxylation is 2. The predicted molar refractivity (Wildman–Crippen MR) is 108 cm³/mol. The van der Waals surface area contributed by atoms with Crippen LogP contribution < -0.4 is 10.7 Å². The smallest absolute Gasteiger partial charge is 0.251 e. The van der Waals surface area contributed by atoms with E-state index in [0.717, 1.165) is 16.7 Å². The van der Waals surface area contributed by atoms with Crippen LogP contribution in [0.25, 0.3) is 22.3 Å². The number of ether oxygens (including phenoxy) is 2. The zero-order valence-corrected chi connectivity index (χ0v) is 16.4. The molecule has 1 amide bonds. The molecule has 6 heteroatoms. The highest BCUT2D eigenvalue weighted by molar-refractivity contribution is 5.94. The lowest BCUT2D eigenvalue weighted by Gasteiger charge is -2.14. The molecule has 2 aromatic carbocycles. The maximum Gasteiger partial charge on any atom is 0.251 e. The van der Waals surface area contributed by atoms with Gasteiger partial charge in [0.1, 0.15) is 11.3 Å². The van der Waals surface area contributed by atoms with E-state index in [0.29, 0.717) is 22.3 Å². The van der Waals surface area contributed by atoms with Gasteiger partial charge in [-0.1, -0.05) is 18.2 Å². The van der Waals surface area contributed by atoms with Crippen LogP contribution in [0.15, 0.2) is 51.7 Å². The van der Waals surface area contributed by atoms with E-state index in [-0.39, 0.29) is 17.9 Å². The van der Waals surface area contributed by atoms with E-state index in [1.807, 2.05) is 26.0 Å². The van der Waals surface area contributed by atoms with Gasteiger partial charge in [0.15, 0.2) is 11.7 Å². The van der Waals surface area contributed by atoms with Crippen LogP contribution in [0.1, 0.15) is 21.5 Å². The van der Waals surface area contributed by atoms with Crippen LogP contribution in [0.2, 0.25) is 0 Å². The normalized spacial score (nSPS) is 11.2. The summed E-state index contributed by atoms with van der Waals surface area (Å²) in [5, 5.41) is 3.32. The minimum absolute atomic E-state index is 0.0879. The van der Waals surface area contributed by atoms with Crippen molar-refractivity contribution in [3.63, 3.8) is 0 Å². The number of carbonyl (C=O) groups is 1. The van der Waals surface area contributed by atoms with Crippen molar-refractivity contribution in [1.82, 2.24) is 5.32 Å². The second-order valence-corrected chi connectivity index (χ2v) is 6.62. The Labute approximate surface area is 163 Å². The van der Waals surface area contributed by atoms with Gasteiger partial charge in [0.25, 0.3) is 5.91 Å². The van der Waals surface area contributed by atoms with Gasteiger partial charge in [-0.3, -0.25) is 9.59 Å². The summed E-state index contributed by atoms with van der Waals surface area (Å²) in [5.74, 6) is 0.229. The summed E-state index contributed by atoms with van der Waals surface area (Å²) >= 11 is 0. The first-order valence-electron chi connectivity index (χ1n) is 8.92. The predicted octanol–water partition coefficient (Wildman–Crippen LogP) is 3.43. The van der Waals surface area contributed by atoms with Crippen LogP contribution in [0.5, 0.6) is 0 Å². The summed E-state index contributed by atoms with van der Waals surface area (Å²) in [7, 11) is 3.02. The van der Waals surface area contributed by atoms with E-state index in [1.165, 1.54) is 20.3 Å². The number of hydrogen-bond acceptors (Lipinski definition) is 5. The molecule has 0 bridgehead atoms. The molecule has 0 fully saturated rings. The van der Waals surface area contributed by atoms with E-state index in [1.54, 1.807) is 24.3 Å². The van der Waals surface area contributed by atoms with Gasteiger partial charge in [-0.2, -0.15) is 0 Å². The van der Waals surface area contributed by atoms with Crippen LogP contribution in [-0.2, 0) is 9.47 Å². The van der Waals surface area contributed by atoms with Crippen molar-refractivity contribution in [2.75, 3.05) is 20.8 Å². The minimum atomic E-state index is -0.498. The van der Waals surface area contributed by atoms with E-state index in [9.17, 15) is 9.59 Å². The fraction of sp³-hybridized carbons (Fsp3) is 0.273. The van der Waals surface area contributed by atoms with Crippen molar-refractivity contribution in [2.45, 2.75) is 20.1 Å². The summed E-state index contributed by atoms with van der Waals surface area (Å²) < 4.78 is 16.1. The quantitative estimate of drug-likeness (QED) is 0.662. The fourth-order valence-corrected chi connectivity index (χ4v) is 3.08. The number of methoxy groups -OCH3 is 2. The third-order valence-corrected chi connectivity index (χ3v) is 4.55. The maximum atomic E-state index is 12.5. The number of carbonyl (C=O) groups excluding carboxylic acids is 1. The molecule has 146 valence electrons. The van der Waals surface area contributed by atoms with Gasteiger partial charge >= 0.3 is 0 Å². The number of amides is 1. The Morgan fingerprint density at radius 3 is 2.39 bits per heavy atom. The Morgan fingerprint density at radius 1 is 1.07 bits per heavy atom. The SMILES string of the molecule is COC(CNC(=O)c1ccc(-c2cc(=O)c3cc(C)cc(C)c3o2)cc1)OC. The molecule has 3 aromatic rings. The molecule has 0 aliphatic carbocycles. The molecule has 0 unspecified atom stereocenters. The summed E-state index contributed by atoms with van der Waals surface area (Å²) in [4.78, 5) is 24.7. The van der Waals surface area contributed by atoms with Gasteiger partial charge in [-0.05, 0) is 43.2 Å². The lowest BCUT2D eigenvalue weighted by atomic mass is 10.1. The Balaban J connectivity index is 1.85. The zero-order chi connectivity index (χ0) is 20.3. The maximum absolute atomic E-state index is 12.5. The highest BCUT2D eigenvalue weighted by atomic mass is 16.7. The largest absolute Gasteiger partial charge is 0.456 e. The van der Waals surface area contributed by atoms with E-state index >= 15 is 0 Å². The highest BCUT2D eigenvalue weighted by Gasteiger charge is 2.12. The lowest BCUT2D eigenvalue weighted by molar-refractivity contribution is -0.0974. The van der Waals surface area contributed by atoms with Crippen molar-refractivity contribution in [3.8, 4) is 11.3 Å². The van der Waals surface area contributed by atoms with Gasteiger partial charge in [0, 0.05) is 31.4 Å². The molecule has 0 aliphatic heterocycles. The first kappa shape index (κ1) is 19.8. The molecule has 3 rings (SSSR count). The molecular weight excluding hydrogens is 358 g/mol. The minimum Gasteiger partial charge on any atom is -0.456 e. The molecule has 0 atom stereocenters. The summed E-state index contributed by atoms with van der Waals surface area (Å²) in [6, 6.07) is 12.2. The lowest BCUT2D eigenvalue weighted by Crippen LogP contribution is -2.34. The Bertz CT molecular complexity index is 1050. The van der Waals surface area contributed by atoms with Crippen LogP contribution in [-0.4, -0.2) is 33.0 Å². The number of rotatable bonds is 6. The number of benzene rings is 2. The van der Waals surface area contributed by atoms with Crippen LogP contribution in [0.3, 0.4) is 0 Å². The Hall–Kier alpha value is -2.96. The van der Waals surface area contributed by atoms with Gasteiger partial charge < -0.3 is 19.2 Å². The summed E-state index contributed by atoms with van der Waals surface area (Å²) in [6.07, 6.45) is -0.498. The van der Waals surface area contributed by atoms with Gasteiger partial charge in [-0.25, -0.2) is 0 Å². The molecule has 0 radical (unpaired) electrons. The van der Waals surface area contributed by atoms with E-state index < -0.39 is 6.29 Å². The molecule has 0 spiro atoms. The molecule has 0 saturated heterocycles. The third-order valence-electron chi connectivity index (χ3n) is 4.55. The van der Waals surface area contributed by atoms with Gasteiger partial charge in [-0.15, -0.1) is 0 Å². The van der Waals surface area contributed by atoms with Crippen molar-refractivity contribution in [1.29, 1.82) is 0 Å².